The number of methoxy groups -OCH3 is 1. The second-order valence-electron chi connectivity index (χ2n) is 4.24. The van der Waals surface area contributed by atoms with Crippen molar-refractivity contribution >= 4 is 17.7 Å². The van der Waals surface area contributed by atoms with Gasteiger partial charge in [-0.15, -0.1) is 0 Å². The molecule has 2 amide bonds. The molecule has 1 aromatic rings. The Kier molecular flexibility index (Phi) is 5.79. The van der Waals surface area contributed by atoms with E-state index in [4.69, 9.17) is 9.84 Å². The van der Waals surface area contributed by atoms with Gasteiger partial charge >= 0.3 is 12.0 Å². The number of amides is 2. The number of nitrogens with zero attached hydrogens (tertiary/aromatic N) is 1. The molecule has 0 saturated carbocycles. The highest BCUT2D eigenvalue weighted by molar-refractivity contribution is 5.93. The molecule has 0 unspecified atom stereocenters. The van der Waals surface area contributed by atoms with Crippen LogP contribution >= 0.6 is 0 Å². The van der Waals surface area contributed by atoms with E-state index in [-0.39, 0.29) is 11.6 Å². The number of aromatic hydroxyl groups is 1. The molecule has 20 heavy (non-hydrogen) atoms. The van der Waals surface area contributed by atoms with Crippen molar-refractivity contribution in [3.63, 3.8) is 0 Å². The molecule has 110 valence electrons. The minimum absolute atomic E-state index is 0.212. The van der Waals surface area contributed by atoms with Gasteiger partial charge in [-0.05, 0) is 18.6 Å². The van der Waals surface area contributed by atoms with Gasteiger partial charge in [0, 0.05) is 39.1 Å². The number of aromatic carboxylic acids is 1. The number of carbonyl (C=O) groups is 2. The Bertz CT molecular complexity index is 490. The standard InChI is InChI=1S/C13H18N2O5/c1-15(6-3-7-20-2)13(19)14-9-4-5-10(12(17)18)11(16)8-9/h4-5,8,16H,3,6-7H2,1-2H3,(H,14,19)(H,17,18). The van der Waals surface area contributed by atoms with Gasteiger partial charge in [0.15, 0.2) is 0 Å². The van der Waals surface area contributed by atoms with Gasteiger partial charge in [-0.1, -0.05) is 0 Å². The summed E-state index contributed by atoms with van der Waals surface area (Å²) in [6.45, 7) is 1.09. The molecule has 0 aliphatic heterocycles. The van der Waals surface area contributed by atoms with Crippen molar-refractivity contribution in [3.05, 3.63) is 23.8 Å². The average Bonchev–Trinajstić information content (AvgIpc) is 2.38. The molecular formula is C13H18N2O5. The lowest BCUT2D eigenvalue weighted by Gasteiger charge is -2.17. The van der Waals surface area contributed by atoms with Crippen LogP contribution in [0.2, 0.25) is 0 Å². The van der Waals surface area contributed by atoms with E-state index >= 15 is 0 Å². The normalized spacial score (nSPS) is 10.1. The minimum Gasteiger partial charge on any atom is -0.507 e. The maximum atomic E-state index is 11.8. The highest BCUT2D eigenvalue weighted by Crippen LogP contribution is 2.22. The summed E-state index contributed by atoms with van der Waals surface area (Å²) < 4.78 is 4.89. The number of phenols is 1. The number of ether oxygens (including phenoxy) is 1. The van der Waals surface area contributed by atoms with E-state index in [0.29, 0.717) is 25.3 Å². The summed E-state index contributed by atoms with van der Waals surface area (Å²) in [5, 5.41) is 20.9. The number of carbonyl (C=O) groups excluding carboxylic acids is 1. The summed E-state index contributed by atoms with van der Waals surface area (Å²) in [6, 6.07) is 3.51. The molecule has 0 aromatic heterocycles. The fraction of sp³-hybridized carbons (Fsp3) is 0.385. The lowest BCUT2D eigenvalue weighted by molar-refractivity contribution is 0.0694. The van der Waals surface area contributed by atoms with E-state index in [9.17, 15) is 14.7 Å². The summed E-state index contributed by atoms with van der Waals surface area (Å²) >= 11 is 0. The molecule has 0 spiro atoms. The fourth-order valence-corrected chi connectivity index (χ4v) is 1.56. The average molecular weight is 282 g/mol. The van der Waals surface area contributed by atoms with Crippen LogP contribution in [0.1, 0.15) is 16.8 Å². The van der Waals surface area contributed by atoms with Gasteiger partial charge in [0.05, 0.1) is 0 Å². The largest absolute Gasteiger partial charge is 0.507 e. The van der Waals surface area contributed by atoms with E-state index in [1.165, 1.54) is 23.1 Å². The SMILES string of the molecule is COCCCN(C)C(=O)Nc1ccc(C(=O)O)c(O)c1. The Morgan fingerprint density at radius 2 is 2.10 bits per heavy atom. The summed E-state index contributed by atoms with van der Waals surface area (Å²) in [6.07, 6.45) is 0.712. The molecule has 0 saturated heterocycles. The summed E-state index contributed by atoms with van der Waals surface area (Å²) in [5.41, 5.74) is 0.118. The van der Waals surface area contributed by atoms with Crippen LogP contribution in [0.15, 0.2) is 18.2 Å². The van der Waals surface area contributed by atoms with Crippen molar-refractivity contribution in [2.75, 3.05) is 32.6 Å². The third-order valence-corrected chi connectivity index (χ3v) is 2.67. The van der Waals surface area contributed by atoms with Crippen LogP contribution in [0.25, 0.3) is 0 Å². The first-order valence-corrected chi connectivity index (χ1v) is 6.03. The Balaban J connectivity index is 2.62. The number of hydrogen-bond acceptors (Lipinski definition) is 4. The van der Waals surface area contributed by atoms with Crippen LogP contribution in [0.5, 0.6) is 5.75 Å². The number of carboxylic acid groups (broad SMARTS) is 1. The summed E-state index contributed by atoms with van der Waals surface area (Å²) in [5.74, 6) is -1.62. The topological polar surface area (TPSA) is 99.1 Å². The second-order valence-corrected chi connectivity index (χ2v) is 4.24. The number of anilines is 1. The summed E-state index contributed by atoms with van der Waals surface area (Å²) in [7, 11) is 3.23. The van der Waals surface area contributed by atoms with Crippen molar-refractivity contribution in [2.24, 2.45) is 0 Å². The van der Waals surface area contributed by atoms with Crippen LogP contribution in [0.4, 0.5) is 10.5 Å². The maximum absolute atomic E-state index is 11.8. The zero-order valence-corrected chi connectivity index (χ0v) is 11.4. The van der Waals surface area contributed by atoms with Gasteiger partial charge < -0.3 is 25.2 Å². The van der Waals surface area contributed by atoms with Gasteiger partial charge in [0.2, 0.25) is 0 Å². The Morgan fingerprint density at radius 1 is 1.40 bits per heavy atom. The Morgan fingerprint density at radius 3 is 2.65 bits per heavy atom. The number of rotatable bonds is 6. The first-order valence-electron chi connectivity index (χ1n) is 6.03. The number of benzene rings is 1. The van der Waals surface area contributed by atoms with Crippen LogP contribution in [-0.4, -0.2) is 54.4 Å². The first kappa shape index (κ1) is 15.8. The molecular weight excluding hydrogens is 264 g/mol. The molecule has 0 bridgehead atoms. The predicted molar refractivity (Wildman–Crippen MR) is 73.2 cm³/mol. The van der Waals surface area contributed by atoms with Crippen LogP contribution in [0, 0.1) is 0 Å². The molecule has 0 aliphatic rings. The molecule has 7 heteroatoms. The molecule has 1 rings (SSSR count). The molecule has 0 fully saturated rings. The predicted octanol–water partition coefficient (Wildman–Crippen LogP) is 1.59. The fourth-order valence-electron chi connectivity index (χ4n) is 1.56. The Hall–Kier alpha value is -2.28. The zero-order valence-electron chi connectivity index (χ0n) is 11.4. The van der Waals surface area contributed by atoms with Crippen LogP contribution < -0.4 is 5.32 Å². The van der Waals surface area contributed by atoms with E-state index in [1.807, 2.05) is 0 Å². The molecule has 3 N–H and O–H groups in total. The van der Waals surface area contributed by atoms with Crippen LogP contribution in [0.3, 0.4) is 0 Å². The maximum Gasteiger partial charge on any atom is 0.339 e. The first-order chi connectivity index (χ1) is 9.45. The van der Waals surface area contributed by atoms with Gasteiger partial charge in [-0.25, -0.2) is 9.59 Å². The van der Waals surface area contributed by atoms with E-state index in [1.54, 1.807) is 14.2 Å². The number of urea groups is 1. The van der Waals surface area contributed by atoms with Gasteiger partial charge in [-0.2, -0.15) is 0 Å². The summed E-state index contributed by atoms with van der Waals surface area (Å²) in [4.78, 5) is 24.0. The van der Waals surface area contributed by atoms with Crippen LogP contribution in [-0.2, 0) is 4.74 Å². The zero-order chi connectivity index (χ0) is 15.1. The smallest absolute Gasteiger partial charge is 0.339 e. The lowest BCUT2D eigenvalue weighted by Crippen LogP contribution is -2.32. The third-order valence-electron chi connectivity index (χ3n) is 2.67. The van der Waals surface area contributed by atoms with E-state index in [2.05, 4.69) is 5.32 Å². The molecule has 7 nitrogen and oxygen atoms in total. The number of hydrogen-bond donors (Lipinski definition) is 3. The van der Waals surface area contributed by atoms with Gasteiger partial charge in [-0.3, -0.25) is 0 Å². The van der Waals surface area contributed by atoms with Gasteiger partial charge in [0.25, 0.3) is 0 Å². The quantitative estimate of drug-likeness (QED) is 0.688. The Labute approximate surface area is 116 Å². The molecule has 0 atom stereocenters. The highest BCUT2D eigenvalue weighted by atomic mass is 16.5. The lowest BCUT2D eigenvalue weighted by atomic mass is 10.2. The molecule has 0 heterocycles. The molecule has 1 aromatic carbocycles. The van der Waals surface area contributed by atoms with E-state index < -0.39 is 11.7 Å². The van der Waals surface area contributed by atoms with Crippen molar-refractivity contribution in [3.8, 4) is 5.75 Å². The minimum atomic E-state index is -1.22. The third kappa shape index (κ3) is 4.43. The van der Waals surface area contributed by atoms with Crippen molar-refractivity contribution in [1.29, 1.82) is 0 Å². The number of carboxylic acids is 1. The second kappa shape index (κ2) is 7.34. The van der Waals surface area contributed by atoms with E-state index in [0.717, 1.165) is 0 Å². The number of nitrogens with one attached hydrogen (secondary N) is 1. The highest BCUT2D eigenvalue weighted by Gasteiger charge is 2.12. The van der Waals surface area contributed by atoms with Crippen molar-refractivity contribution < 1.29 is 24.5 Å². The van der Waals surface area contributed by atoms with Crippen molar-refractivity contribution in [1.82, 2.24) is 4.90 Å². The van der Waals surface area contributed by atoms with Gasteiger partial charge in [0.1, 0.15) is 11.3 Å². The molecule has 0 radical (unpaired) electrons. The monoisotopic (exact) mass is 282 g/mol. The van der Waals surface area contributed by atoms with Crippen molar-refractivity contribution in [2.45, 2.75) is 6.42 Å². The molecule has 0 aliphatic carbocycles.